The lowest BCUT2D eigenvalue weighted by Crippen LogP contribution is -2.48. The smallest absolute Gasteiger partial charge is 0.271 e. The molecule has 1 aliphatic heterocycles. The number of nitrogens with two attached hydrogens (primary N) is 1. The van der Waals surface area contributed by atoms with Crippen LogP contribution in [0.15, 0.2) is 18.2 Å². The average molecular weight is 286 g/mol. The van der Waals surface area contributed by atoms with Crippen molar-refractivity contribution in [1.29, 1.82) is 0 Å². The number of non-ortho nitro benzene ring substituents is 1. The summed E-state index contributed by atoms with van der Waals surface area (Å²) in [5.41, 5.74) is 5.75. The van der Waals surface area contributed by atoms with Gasteiger partial charge in [-0.2, -0.15) is 0 Å². The van der Waals surface area contributed by atoms with Crippen LogP contribution in [0.5, 0.6) is 0 Å². The Morgan fingerprint density at radius 1 is 1.58 bits per heavy atom. The molecule has 0 spiro atoms. The highest BCUT2D eigenvalue weighted by Gasteiger charge is 2.26. The van der Waals surface area contributed by atoms with Crippen molar-refractivity contribution in [3.63, 3.8) is 0 Å². The predicted molar refractivity (Wildman–Crippen MR) is 69.3 cm³/mol. The highest BCUT2D eigenvalue weighted by atomic mass is 35.5. The second-order valence-corrected chi connectivity index (χ2v) is 4.51. The van der Waals surface area contributed by atoms with Crippen molar-refractivity contribution in [1.82, 2.24) is 0 Å². The number of halogens is 1. The number of hydrogen-bond donors (Lipinski definition) is 1. The van der Waals surface area contributed by atoms with Crippen molar-refractivity contribution in [2.24, 2.45) is 5.73 Å². The molecule has 8 heteroatoms. The van der Waals surface area contributed by atoms with Gasteiger partial charge in [0.2, 0.25) is 5.91 Å². The number of amides is 1. The quantitative estimate of drug-likeness (QED) is 0.658. The first-order chi connectivity index (χ1) is 8.99. The molecule has 1 atom stereocenters. The first kappa shape index (κ1) is 13.6. The summed E-state index contributed by atoms with van der Waals surface area (Å²) in [6, 6.07) is 4.21. The number of carbonyl (C=O) groups excluding carboxylic acids is 1. The summed E-state index contributed by atoms with van der Waals surface area (Å²) in [5, 5.41) is 10.9. The van der Waals surface area contributed by atoms with E-state index in [1.807, 2.05) is 4.90 Å². The molecule has 0 aliphatic carbocycles. The number of nitro groups is 1. The second-order valence-electron chi connectivity index (χ2n) is 4.10. The minimum Gasteiger partial charge on any atom is -0.367 e. The molecule has 1 heterocycles. The standard InChI is InChI=1S/C11H12ClN3O4/c12-8-5-7(15(17)18)1-2-9(8)14-3-4-19-10(6-14)11(13)16/h1-2,5,10H,3-4,6H2,(H2,13,16). The molecule has 1 saturated heterocycles. The van der Waals surface area contributed by atoms with Crippen LogP contribution in [0.2, 0.25) is 5.02 Å². The van der Waals surface area contributed by atoms with Crippen LogP contribution in [0.4, 0.5) is 11.4 Å². The van der Waals surface area contributed by atoms with Gasteiger partial charge in [-0.25, -0.2) is 0 Å². The molecule has 0 saturated carbocycles. The third-order valence-corrected chi connectivity index (χ3v) is 3.17. The topological polar surface area (TPSA) is 98.7 Å². The summed E-state index contributed by atoms with van der Waals surface area (Å²) in [7, 11) is 0. The zero-order chi connectivity index (χ0) is 14.0. The van der Waals surface area contributed by atoms with Gasteiger partial charge in [0.15, 0.2) is 6.10 Å². The lowest BCUT2D eigenvalue weighted by Gasteiger charge is -2.33. The maximum atomic E-state index is 11.1. The molecule has 0 aromatic heterocycles. The third-order valence-electron chi connectivity index (χ3n) is 2.87. The van der Waals surface area contributed by atoms with Crippen LogP contribution in [-0.4, -0.2) is 36.6 Å². The molecular formula is C11H12ClN3O4. The minimum absolute atomic E-state index is 0.0755. The van der Waals surface area contributed by atoms with Crippen LogP contribution >= 0.6 is 11.6 Å². The van der Waals surface area contributed by atoms with E-state index in [9.17, 15) is 14.9 Å². The molecule has 1 aromatic rings. The highest BCUT2D eigenvalue weighted by molar-refractivity contribution is 6.33. The van der Waals surface area contributed by atoms with Gasteiger partial charge in [-0.1, -0.05) is 11.6 Å². The number of nitro benzene ring substituents is 1. The maximum absolute atomic E-state index is 11.1. The van der Waals surface area contributed by atoms with E-state index < -0.39 is 16.9 Å². The van der Waals surface area contributed by atoms with Gasteiger partial charge in [0.05, 0.1) is 28.8 Å². The summed E-state index contributed by atoms with van der Waals surface area (Å²) in [6.45, 7) is 1.18. The molecule has 1 aliphatic rings. The van der Waals surface area contributed by atoms with E-state index in [0.29, 0.717) is 18.8 Å². The lowest BCUT2D eigenvalue weighted by atomic mass is 10.2. The Labute approximate surface area is 114 Å². The molecule has 0 bridgehead atoms. The maximum Gasteiger partial charge on any atom is 0.271 e. The molecular weight excluding hydrogens is 274 g/mol. The zero-order valence-electron chi connectivity index (χ0n) is 9.91. The van der Waals surface area contributed by atoms with Crippen LogP contribution in [0.1, 0.15) is 0 Å². The van der Waals surface area contributed by atoms with E-state index in [1.165, 1.54) is 12.1 Å². The fourth-order valence-corrected chi connectivity index (χ4v) is 2.20. The van der Waals surface area contributed by atoms with Crippen LogP contribution in [0.3, 0.4) is 0 Å². The lowest BCUT2D eigenvalue weighted by molar-refractivity contribution is -0.384. The number of primary amides is 1. The summed E-state index contributed by atoms with van der Waals surface area (Å²) in [6.07, 6.45) is -0.694. The Morgan fingerprint density at radius 2 is 2.32 bits per heavy atom. The van der Waals surface area contributed by atoms with Crippen molar-refractivity contribution in [2.45, 2.75) is 6.10 Å². The number of rotatable bonds is 3. The van der Waals surface area contributed by atoms with Crippen molar-refractivity contribution in [2.75, 3.05) is 24.6 Å². The minimum atomic E-state index is -0.694. The van der Waals surface area contributed by atoms with E-state index in [1.54, 1.807) is 6.07 Å². The fourth-order valence-electron chi connectivity index (χ4n) is 1.91. The van der Waals surface area contributed by atoms with E-state index in [2.05, 4.69) is 0 Å². The number of ether oxygens (including phenoxy) is 1. The molecule has 0 radical (unpaired) electrons. The Balaban J connectivity index is 2.22. The second kappa shape index (κ2) is 5.41. The summed E-state index contributed by atoms with van der Waals surface area (Å²) in [5.74, 6) is -0.539. The summed E-state index contributed by atoms with van der Waals surface area (Å²) < 4.78 is 5.23. The van der Waals surface area contributed by atoms with Gasteiger partial charge >= 0.3 is 0 Å². The fraction of sp³-hybridized carbons (Fsp3) is 0.364. The number of nitrogens with zero attached hydrogens (tertiary/aromatic N) is 2. The Bertz CT molecular complexity index is 523. The van der Waals surface area contributed by atoms with Gasteiger partial charge in [0.1, 0.15) is 0 Å². The van der Waals surface area contributed by atoms with Crippen molar-refractivity contribution in [3.8, 4) is 0 Å². The number of carbonyl (C=O) groups is 1. The van der Waals surface area contributed by atoms with Crippen LogP contribution in [-0.2, 0) is 9.53 Å². The van der Waals surface area contributed by atoms with Gasteiger partial charge in [0, 0.05) is 18.7 Å². The largest absolute Gasteiger partial charge is 0.367 e. The predicted octanol–water partition coefficient (Wildman–Crippen LogP) is 0.939. The molecule has 2 rings (SSSR count). The van der Waals surface area contributed by atoms with Gasteiger partial charge in [0.25, 0.3) is 5.69 Å². The van der Waals surface area contributed by atoms with Crippen molar-refractivity contribution in [3.05, 3.63) is 33.3 Å². The Hall–Kier alpha value is -1.86. The van der Waals surface area contributed by atoms with Crippen LogP contribution in [0, 0.1) is 10.1 Å². The number of benzene rings is 1. The van der Waals surface area contributed by atoms with Crippen molar-refractivity contribution < 1.29 is 14.5 Å². The summed E-state index contributed by atoms with van der Waals surface area (Å²) in [4.78, 5) is 23.1. The zero-order valence-corrected chi connectivity index (χ0v) is 10.7. The van der Waals surface area contributed by atoms with Gasteiger partial charge in [-0.3, -0.25) is 14.9 Å². The Morgan fingerprint density at radius 3 is 2.89 bits per heavy atom. The number of hydrogen-bond acceptors (Lipinski definition) is 5. The molecule has 102 valence electrons. The van der Waals surface area contributed by atoms with E-state index >= 15 is 0 Å². The highest BCUT2D eigenvalue weighted by Crippen LogP contribution is 2.30. The molecule has 1 fully saturated rings. The van der Waals surface area contributed by atoms with Crippen LogP contribution in [0.25, 0.3) is 0 Å². The van der Waals surface area contributed by atoms with E-state index in [4.69, 9.17) is 22.1 Å². The normalized spacial score (nSPS) is 19.2. The molecule has 2 N–H and O–H groups in total. The first-order valence-electron chi connectivity index (χ1n) is 5.59. The average Bonchev–Trinajstić information content (AvgIpc) is 2.38. The van der Waals surface area contributed by atoms with Crippen molar-refractivity contribution >= 4 is 28.9 Å². The SMILES string of the molecule is NC(=O)C1CN(c2ccc([N+](=O)[O-])cc2Cl)CCO1. The molecule has 1 amide bonds. The van der Waals surface area contributed by atoms with E-state index in [0.717, 1.165) is 0 Å². The van der Waals surface area contributed by atoms with Gasteiger partial charge in [-0.05, 0) is 6.07 Å². The molecule has 7 nitrogen and oxygen atoms in total. The Kier molecular flexibility index (Phi) is 3.87. The van der Waals surface area contributed by atoms with Gasteiger partial charge < -0.3 is 15.4 Å². The molecule has 19 heavy (non-hydrogen) atoms. The van der Waals surface area contributed by atoms with Gasteiger partial charge in [-0.15, -0.1) is 0 Å². The third kappa shape index (κ3) is 2.94. The molecule has 1 aromatic carbocycles. The number of morpholine rings is 1. The van der Waals surface area contributed by atoms with Crippen LogP contribution < -0.4 is 10.6 Å². The van der Waals surface area contributed by atoms with E-state index in [-0.39, 0.29) is 17.3 Å². The first-order valence-corrected chi connectivity index (χ1v) is 5.96. The molecule has 1 unspecified atom stereocenters. The monoisotopic (exact) mass is 285 g/mol. The number of anilines is 1. The summed E-state index contributed by atoms with van der Waals surface area (Å²) >= 11 is 6.03.